The van der Waals surface area contributed by atoms with Gasteiger partial charge < -0.3 is 10.4 Å². The van der Waals surface area contributed by atoms with Gasteiger partial charge >= 0.3 is 12.1 Å². The fraction of sp³-hybridized carbons (Fsp3) is 0.389. The predicted octanol–water partition coefficient (Wildman–Crippen LogP) is 3.43. The number of carboxylic acid groups (broad SMARTS) is 1. The van der Waals surface area contributed by atoms with Crippen molar-refractivity contribution in [3.05, 3.63) is 47.3 Å². The zero-order valence-corrected chi connectivity index (χ0v) is 15.0. The maximum atomic E-state index is 13.6. The number of aliphatic carboxylic acids is 1. The van der Waals surface area contributed by atoms with Crippen molar-refractivity contribution in [2.75, 3.05) is 0 Å². The third-order valence-corrected chi connectivity index (χ3v) is 3.84. The number of nitrogens with one attached hydrogen (secondary N) is 1. The Morgan fingerprint density at radius 1 is 1.30 bits per heavy atom. The molecule has 0 bridgehead atoms. The second kappa shape index (κ2) is 7.81. The Balaban J connectivity index is 2.45. The third-order valence-electron chi connectivity index (χ3n) is 3.84. The first-order valence-corrected chi connectivity index (χ1v) is 8.26. The van der Waals surface area contributed by atoms with Crippen LogP contribution in [0.1, 0.15) is 41.9 Å². The van der Waals surface area contributed by atoms with Crippen LogP contribution in [-0.2, 0) is 11.0 Å². The van der Waals surface area contributed by atoms with Crippen LogP contribution in [0, 0.1) is 12.8 Å². The molecule has 1 atom stereocenters. The number of carbonyl (C=O) groups is 2. The van der Waals surface area contributed by atoms with Crippen LogP contribution in [0.3, 0.4) is 0 Å². The van der Waals surface area contributed by atoms with Crippen molar-refractivity contribution in [1.82, 2.24) is 15.1 Å². The first-order chi connectivity index (χ1) is 12.5. The number of alkyl halides is 3. The van der Waals surface area contributed by atoms with E-state index in [1.165, 1.54) is 12.1 Å². The summed E-state index contributed by atoms with van der Waals surface area (Å²) in [6.45, 7) is 5.22. The summed E-state index contributed by atoms with van der Waals surface area (Å²) < 4.78 is 41.6. The van der Waals surface area contributed by atoms with Crippen LogP contribution >= 0.6 is 0 Å². The van der Waals surface area contributed by atoms with Crippen LogP contribution in [0.4, 0.5) is 13.2 Å². The highest BCUT2D eigenvalue weighted by Crippen LogP contribution is 2.33. The number of hydrogen-bond donors (Lipinski definition) is 2. The number of nitrogens with zero attached hydrogens (tertiary/aromatic N) is 2. The lowest BCUT2D eigenvalue weighted by atomic mass is 10.0. The summed E-state index contributed by atoms with van der Waals surface area (Å²) in [5.41, 5.74) is -1.10. The van der Waals surface area contributed by atoms with Gasteiger partial charge in [0.05, 0.1) is 17.4 Å². The largest absolute Gasteiger partial charge is 0.480 e. The number of benzene rings is 1. The Morgan fingerprint density at radius 2 is 1.96 bits per heavy atom. The Morgan fingerprint density at radius 3 is 2.48 bits per heavy atom. The van der Waals surface area contributed by atoms with E-state index in [-0.39, 0.29) is 18.0 Å². The van der Waals surface area contributed by atoms with E-state index in [1.807, 2.05) is 0 Å². The highest BCUT2D eigenvalue weighted by atomic mass is 19.4. The molecule has 0 saturated carbocycles. The van der Waals surface area contributed by atoms with Gasteiger partial charge in [-0.05, 0) is 37.0 Å². The lowest BCUT2D eigenvalue weighted by molar-refractivity contribution is -0.143. The van der Waals surface area contributed by atoms with Gasteiger partial charge in [0.1, 0.15) is 6.04 Å². The van der Waals surface area contributed by atoms with Crippen molar-refractivity contribution >= 4 is 11.9 Å². The molecule has 0 saturated heterocycles. The number of aromatic nitrogens is 2. The fourth-order valence-electron chi connectivity index (χ4n) is 2.67. The Bertz CT molecular complexity index is 844. The molecule has 1 amide bonds. The van der Waals surface area contributed by atoms with Crippen molar-refractivity contribution in [3.8, 4) is 5.69 Å². The van der Waals surface area contributed by atoms with Crippen LogP contribution in [-0.4, -0.2) is 32.8 Å². The number of aryl methyl sites for hydroxylation is 1. The number of carboxylic acids is 1. The average Bonchev–Trinajstić information content (AvgIpc) is 2.99. The van der Waals surface area contributed by atoms with Gasteiger partial charge in [0.2, 0.25) is 0 Å². The average molecular weight is 383 g/mol. The lowest BCUT2D eigenvalue weighted by Crippen LogP contribution is -2.42. The lowest BCUT2D eigenvalue weighted by Gasteiger charge is -2.17. The van der Waals surface area contributed by atoms with Crippen molar-refractivity contribution in [2.24, 2.45) is 5.92 Å². The summed E-state index contributed by atoms with van der Waals surface area (Å²) in [5.74, 6) is -2.51. The molecule has 0 spiro atoms. The Labute approximate surface area is 154 Å². The highest BCUT2D eigenvalue weighted by molar-refractivity contribution is 5.97. The number of amides is 1. The molecule has 0 aliphatic heterocycles. The molecule has 0 fully saturated rings. The van der Waals surface area contributed by atoms with E-state index >= 15 is 0 Å². The summed E-state index contributed by atoms with van der Waals surface area (Å²) in [6.07, 6.45) is -3.97. The first kappa shape index (κ1) is 20.5. The van der Waals surface area contributed by atoms with Crippen molar-refractivity contribution in [3.63, 3.8) is 0 Å². The first-order valence-electron chi connectivity index (χ1n) is 8.26. The van der Waals surface area contributed by atoms with E-state index in [1.54, 1.807) is 32.9 Å². The molecule has 27 heavy (non-hydrogen) atoms. The van der Waals surface area contributed by atoms with Crippen LogP contribution in [0.5, 0.6) is 0 Å². The zero-order valence-electron chi connectivity index (χ0n) is 15.0. The maximum absolute atomic E-state index is 13.6. The number of rotatable bonds is 6. The van der Waals surface area contributed by atoms with Crippen molar-refractivity contribution < 1.29 is 27.9 Å². The van der Waals surface area contributed by atoms with E-state index in [9.17, 15) is 27.9 Å². The van der Waals surface area contributed by atoms with Gasteiger partial charge in [-0.25, -0.2) is 9.48 Å². The molecule has 9 heteroatoms. The normalized spacial score (nSPS) is 12.9. The van der Waals surface area contributed by atoms with Crippen LogP contribution in [0.15, 0.2) is 30.5 Å². The smallest absolute Gasteiger partial charge is 0.434 e. The van der Waals surface area contributed by atoms with Gasteiger partial charge in [-0.2, -0.15) is 18.3 Å². The topological polar surface area (TPSA) is 84.2 Å². The Kier molecular flexibility index (Phi) is 5.92. The van der Waals surface area contributed by atoms with Gasteiger partial charge in [0.25, 0.3) is 5.91 Å². The van der Waals surface area contributed by atoms with E-state index in [0.29, 0.717) is 4.68 Å². The molecule has 146 valence electrons. The zero-order chi connectivity index (χ0) is 20.4. The molecule has 1 aromatic heterocycles. The molecule has 2 rings (SSSR count). The minimum absolute atomic E-state index is 0.0662. The van der Waals surface area contributed by atoms with Crippen LogP contribution < -0.4 is 5.32 Å². The monoisotopic (exact) mass is 383 g/mol. The standard InChI is InChI=1S/C18H20F3N3O3/c1-10(2)7-14(17(26)27)23-16(25)13-9-22-24(15(13)18(19,20)21)12-6-4-5-11(3)8-12/h4-6,8-10,14H,7H2,1-3H3,(H,23,25)(H,26,27)/t14-/m1/s1. The number of carbonyl (C=O) groups excluding carboxylic acids is 1. The molecule has 1 heterocycles. The number of hydrogen-bond acceptors (Lipinski definition) is 3. The second-order valence-electron chi connectivity index (χ2n) is 6.65. The van der Waals surface area contributed by atoms with E-state index in [2.05, 4.69) is 10.4 Å². The molecule has 0 radical (unpaired) electrons. The van der Waals surface area contributed by atoms with Crippen LogP contribution in [0.2, 0.25) is 0 Å². The molecular weight excluding hydrogens is 363 g/mol. The molecular formula is C18H20F3N3O3. The van der Waals surface area contributed by atoms with Gasteiger partial charge in [-0.15, -0.1) is 0 Å². The molecule has 0 aliphatic carbocycles. The fourth-order valence-corrected chi connectivity index (χ4v) is 2.67. The minimum atomic E-state index is -4.86. The molecule has 2 N–H and O–H groups in total. The Hall–Kier alpha value is -2.84. The van der Waals surface area contributed by atoms with Gasteiger partial charge in [0.15, 0.2) is 5.69 Å². The summed E-state index contributed by atoms with van der Waals surface area (Å²) in [6, 6.07) is 4.95. The summed E-state index contributed by atoms with van der Waals surface area (Å²) >= 11 is 0. The molecule has 0 aliphatic rings. The van der Waals surface area contributed by atoms with E-state index < -0.39 is 35.4 Å². The minimum Gasteiger partial charge on any atom is -0.480 e. The molecule has 1 aromatic carbocycles. The van der Waals surface area contributed by atoms with Gasteiger partial charge in [-0.1, -0.05) is 26.0 Å². The molecule has 0 unspecified atom stereocenters. The van der Waals surface area contributed by atoms with Crippen molar-refractivity contribution in [2.45, 2.75) is 39.4 Å². The van der Waals surface area contributed by atoms with Crippen LogP contribution in [0.25, 0.3) is 5.69 Å². The number of halogens is 3. The van der Waals surface area contributed by atoms with Crippen molar-refractivity contribution in [1.29, 1.82) is 0 Å². The maximum Gasteiger partial charge on any atom is 0.434 e. The van der Waals surface area contributed by atoms with Gasteiger partial charge in [-0.3, -0.25) is 4.79 Å². The summed E-state index contributed by atoms with van der Waals surface area (Å²) in [7, 11) is 0. The highest BCUT2D eigenvalue weighted by Gasteiger charge is 2.41. The quantitative estimate of drug-likeness (QED) is 0.801. The van der Waals surface area contributed by atoms with Gasteiger partial charge in [0, 0.05) is 0 Å². The second-order valence-corrected chi connectivity index (χ2v) is 6.65. The SMILES string of the molecule is Cc1cccc(-n2ncc(C(=O)N[C@H](CC(C)C)C(=O)O)c2C(F)(F)F)c1. The molecule has 6 nitrogen and oxygen atoms in total. The van der Waals surface area contributed by atoms with E-state index in [4.69, 9.17) is 0 Å². The van der Waals surface area contributed by atoms with E-state index in [0.717, 1.165) is 11.8 Å². The summed E-state index contributed by atoms with van der Waals surface area (Å²) in [4.78, 5) is 23.7. The predicted molar refractivity (Wildman–Crippen MR) is 91.6 cm³/mol. The molecule has 2 aromatic rings. The third kappa shape index (κ3) is 4.87. The summed E-state index contributed by atoms with van der Waals surface area (Å²) in [5, 5.41) is 15.1.